The van der Waals surface area contributed by atoms with Gasteiger partial charge in [0.25, 0.3) is 0 Å². The minimum Gasteiger partial charge on any atom is -0.381 e. The Balaban J connectivity index is 1.47. The summed E-state index contributed by atoms with van der Waals surface area (Å²) in [4.78, 5) is 17.9. The van der Waals surface area contributed by atoms with E-state index in [2.05, 4.69) is 9.88 Å². The van der Waals surface area contributed by atoms with Gasteiger partial charge in [0.1, 0.15) is 5.82 Å². The van der Waals surface area contributed by atoms with Crippen molar-refractivity contribution in [1.82, 2.24) is 14.5 Å². The number of hydrogen-bond acceptors (Lipinski definition) is 3. The van der Waals surface area contributed by atoms with Gasteiger partial charge in [0.15, 0.2) is 0 Å². The monoisotopic (exact) mass is 361 g/mol. The number of rotatable bonds is 3. The maximum atomic E-state index is 13.8. The van der Waals surface area contributed by atoms with Crippen LogP contribution in [-0.2, 0) is 4.74 Å². The van der Waals surface area contributed by atoms with Crippen LogP contribution >= 0.6 is 0 Å². The van der Waals surface area contributed by atoms with Crippen LogP contribution < -0.4 is 5.69 Å². The van der Waals surface area contributed by atoms with Gasteiger partial charge in [0.2, 0.25) is 0 Å². The number of aromatic amines is 1. The van der Waals surface area contributed by atoms with E-state index in [-0.39, 0.29) is 17.5 Å². The summed E-state index contributed by atoms with van der Waals surface area (Å²) in [7, 11) is 1.81. The molecule has 5 nitrogen and oxygen atoms in total. The third-order valence-corrected chi connectivity index (χ3v) is 6.35. The van der Waals surface area contributed by atoms with Crippen molar-refractivity contribution in [2.45, 2.75) is 63.6 Å². The molecule has 2 aromatic rings. The molecular formula is C20H28FN3O2. The highest BCUT2D eigenvalue weighted by Gasteiger charge is 2.30. The van der Waals surface area contributed by atoms with E-state index in [9.17, 15) is 9.18 Å². The molecule has 4 rings (SSSR count). The van der Waals surface area contributed by atoms with Crippen LogP contribution in [0, 0.1) is 12.7 Å². The van der Waals surface area contributed by atoms with Crippen molar-refractivity contribution in [2.24, 2.45) is 0 Å². The number of methoxy groups -OCH3 is 1. The van der Waals surface area contributed by atoms with Crippen LogP contribution in [0.3, 0.4) is 0 Å². The lowest BCUT2D eigenvalue weighted by Gasteiger charge is -2.40. The molecule has 142 valence electrons. The molecule has 0 bridgehead atoms. The number of aryl methyl sites for hydroxylation is 1. The molecule has 1 aliphatic carbocycles. The minimum absolute atomic E-state index is 0.121. The van der Waals surface area contributed by atoms with Crippen LogP contribution in [0.4, 0.5) is 4.39 Å². The van der Waals surface area contributed by atoms with Gasteiger partial charge in [-0.25, -0.2) is 9.18 Å². The smallest absolute Gasteiger partial charge is 0.326 e. The van der Waals surface area contributed by atoms with Gasteiger partial charge < -0.3 is 14.6 Å². The molecule has 0 unspecified atom stereocenters. The van der Waals surface area contributed by atoms with Gasteiger partial charge in [0, 0.05) is 32.3 Å². The zero-order valence-corrected chi connectivity index (χ0v) is 15.6. The number of aromatic nitrogens is 2. The largest absolute Gasteiger partial charge is 0.381 e. The highest BCUT2D eigenvalue weighted by Crippen LogP contribution is 2.31. The number of imidazole rings is 1. The second-order valence-electron chi connectivity index (χ2n) is 7.85. The Labute approximate surface area is 153 Å². The molecule has 1 aromatic heterocycles. The summed E-state index contributed by atoms with van der Waals surface area (Å²) in [6.45, 7) is 3.79. The Morgan fingerprint density at radius 3 is 2.42 bits per heavy atom. The van der Waals surface area contributed by atoms with E-state index in [1.54, 1.807) is 13.0 Å². The zero-order valence-electron chi connectivity index (χ0n) is 15.6. The Kier molecular flexibility index (Phi) is 4.88. The topological polar surface area (TPSA) is 50.3 Å². The lowest BCUT2D eigenvalue weighted by molar-refractivity contribution is 0.0296. The number of nitrogens with zero attached hydrogens (tertiary/aromatic N) is 2. The molecule has 1 aromatic carbocycles. The third-order valence-electron chi connectivity index (χ3n) is 6.35. The predicted octanol–water partition coefficient (Wildman–Crippen LogP) is 3.37. The average molecular weight is 361 g/mol. The SMILES string of the molecule is COC1CCC(N2CCC(n3c(=O)[nH]c4cc(F)c(C)cc43)CC2)CC1. The highest BCUT2D eigenvalue weighted by molar-refractivity contribution is 5.76. The zero-order chi connectivity index (χ0) is 18.3. The number of ether oxygens (including phenoxy) is 1. The summed E-state index contributed by atoms with van der Waals surface area (Å²) in [5, 5.41) is 0. The first-order valence-corrected chi connectivity index (χ1v) is 9.74. The number of halogens is 1. The Hall–Kier alpha value is -1.66. The van der Waals surface area contributed by atoms with Gasteiger partial charge in [-0.05, 0) is 63.1 Å². The first-order valence-electron chi connectivity index (χ1n) is 9.74. The van der Waals surface area contributed by atoms with E-state index in [0.717, 1.165) is 44.3 Å². The van der Waals surface area contributed by atoms with Crippen LogP contribution in [0.2, 0.25) is 0 Å². The Morgan fingerprint density at radius 2 is 1.77 bits per heavy atom. The van der Waals surface area contributed by atoms with Gasteiger partial charge in [-0.15, -0.1) is 0 Å². The fraction of sp³-hybridized carbons (Fsp3) is 0.650. The fourth-order valence-corrected chi connectivity index (χ4v) is 4.77. The number of likely N-dealkylation sites (tertiary alicyclic amines) is 1. The fourth-order valence-electron chi connectivity index (χ4n) is 4.77. The molecule has 1 aliphatic heterocycles. The predicted molar refractivity (Wildman–Crippen MR) is 100 cm³/mol. The molecule has 2 aliphatic rings. The van der Waals surface area contributed by atoms with Crippen molar-refractivity contribution in [3.05, 3.63) is 34.0 Å². The van der Waals surface area contributed by atoms with Crippen molar-refractivity contribution in [1.29, 1.82) is 0 Å². The third kappa shape index (κ3) is 3.21. The summed E-state index contributed by atoms with van der Waals surface area (Å²) in [5.74, 6) is -0.271. The van der Waals surface area contributed by atoms with Gasteiger partial charge in [-0.3, -0.25) is 4.57 Å². The standard InChI is InChI=1S/C20H28FN3O2/c1-13-11-19-18(12-17(13)21)22-20(25)24(19)15-7-9-23(10-8-15)14-3-5-16(26-2)6-4-14/h11-12,14-16H,3-10H2,1-2H3,(H,22,25). The van der Waals surface area contributed by atoms with Crippen molar-refractivity contribution in [3.63, 3.8) is 0 Å². The van der Waals surface area contributed by atoms with E-state index in [1.807, 2.05) is 11.7 Å². The van der Waals surface area contributed by atoms with E-state index >= 15 is 0 Å². The molecule has 0 amide bonds. The molecule has 1 saturated carbocycles. The van der Waals surface area contributed by atoms with Crippen molar-refractivity contribution >= 4 is 11.0 Å². The normalized spacial score (nSPS) is 25.8. The number of piperidine rings is 1. The van der Waals surface area contributed by atoms with Crippen LogP contribution in [0.15, 0.2) is 16.9 Å². The molecule has 26 heavy (non-hydrogen) atoms. The number of benzene rings is 1. The Morgan fingerprint density at radius 1 is 1.08 bits per heavy atom. The second-order valence-corrected chi connectivity index (χ2v) is 7.85. The van der Waals surface area contributed by atoms with E-state index in [4.69, 9.17) is 4.74 Å². The molecule has 0 atom stereocenters. The van der Waals surface area contributed by atoms with Gasteiger partial charge in [-0.2, -0.15) is 0 Å². The first kappa shape index (κ1) is 17.7. The molecule has 2 fully saturated rings. The van der Waals surface area contributed by atoms with E-state index < -0.39 is 0 Å². The molecule has 0 radical (unpaired) electrons. The van der Waals surface area contributed by atoms with Gasteiger partial charge in [-0.1, -0.05) is 0 Å². The van der Waals surface area contributed by atoms with Crippen LogP contribution in [-0.4, -0.2) is 46.8 Å². The lowest BCUT2D eigenvalue weighted by atomic mass is 9.90. The number of H-pyrrole nitrogens is 1. The molecule has 1 N–H and O–H groups in total. The number of fused-ring (bicyclic) bond motifs is 1. The van der Waals surface area contributed by atoms with Gasteiger partial charge in [0.05, 0.1) is 17.1 Å². The number of nitrogens with one attached hydrogen (secondary N) is 1. The lowest BCUT2D eigenvalue weighted by Crippen LogP contribution is -2.45. The minimum atomic E-state index is -0.271. The summed E-state index contributed by atoms with van der Waals surface area (Å²) in [5.41, 5.74) is 1.88. The average Bonchev–Trinajstić information content (AvgIpc) is 2.97. The molecule has 0 spiro atoms. The highest BCUT2D eigenvalue weighted by atomic mass is 19.1. The van der Waals surface area contributed by atoms with E-state index in [0.29, 0.717) is 23.2 Å². The van der Waals surface area contributed by atoms with Crippen molar-refractivity contribution in [2.75, 3.05) is 20.2 Å². The summed E-state index contributed by atoms with van der Waals surface area (Å²) >= 11 is 0. The second kappa shape index (κ2) is 7.16. The molecule has 6 heteroatoms. The maximum Gasteiger partial charge on any atom is 0.326 e. The summed E-state index contributed by atoms with van der Waals surface area (Å²) in [6, 6.07) is 4.07. The molecular weight excluding hydrogens is 333 g/mol. The summed E-state index contributed by atoms with van der Waals surface area (Å²) < 4.78 is 21.1. The maximum absolute atomic E-state index is 13.8. The molecule has 2 heterocycles. The van der Waals surface area contributed by atoms with Gasteiger partial charge >= 0.3 is 5.69 Å². The Bertz CT molecular complexity index is 827. The first-order chi connectivity index (χ1) is 12.6. The van der Waals surface area contributed by atoms with Crippen molar-refractivity contribution < 1.29 is 9.13 Å². The quantitative estimate of drug-likeness (QED) is 0.912. The van der Waals surface area contributed by atoms with E-state index in [1.165, 1.54) is 18.9 Å². The van der Waals surface area contributed by atoms with Crippen molar-refractivity contribution in [3.8, 4) is 0 Å². The van der Waals surface area contributed by atoms with Crippen LogP contribution in [0.25, 0.3) is 11.0 Å². The molecule has 1 saturated heterocycles. The summed E-state index contributed by atoms with van der Waals surface area (Å²) in [6.07, 6.45) is 7.06. The number of hydrogen-bond donors (Lipinski definition) is 1. The van der Waals surface area contributed by atoms with Crippen LogP contribution in [0.1, 0.15) is 50.1 Å². The van der Waals surface area contributed by atoms with Crippen LogP contribution in [0.5, 0.6) is 0 Å².